The molecule has 0 radical (unpaired) electrons. The summed E-state index contributed by atoms with van der Waals surface area (Å²) in [6.45, 7) is 4.72. The molecule has 0 aliphatic heterocycles. The Hall–Kier alpha value is -2.46. The third-order valence-electron chi connectivity index (χ3n) is 7.62. The molecule has 0 unspecified atom stereocenters. The van der Waals surface area contributed by atoms with Gasteiger partial charge in [-0.2, -0.15) is 5.10 Å². The molecule has 0 bridgehead atoms. The molecule has 32 heavy (non-hydrogen) atoms. The zero-order chi connectivity index (χ0) is 22.2. The minimum absolute atomic E-state index is 0.405. The maximum Gasteiger partial charge on any atom is 0.154 e. The molecule has 2 saturated carbocycles. The molecule has 0 spiro atoms. The second-order valence-corrected chi connectivity index (χ2v) is 10.8. The van der Waals surface area contributed by atoms with Gasteiger partial charge in [0.05, 0.1) is 6.20 Å². The predicted octanol–water partition coefficient (Wildman–Crippen LogP) is 7.73. The van der Waals surface area contributed by atoms with Gasteiger partial charge in [0, 0.05) is 28.5 Å². The predicted molar refractivity (Wildman–Crippen MR) is 135 cm³/mol. The van der Waals surface area contributed by atoms with Gasteiger partial charge in [0.1, 0.15) is 0 Å². The third-order valence-corrected chi connectivity index (χ3v) is 8.15. The highest BCUT2D eigenvalue weighted by atomic mass is 79.9. The van der Waals surface area contributed by atoms with E-state index in [0.717, 1.165) is 11.2 Å². The Bertz CT molecular complexity index is 1200. The number of aromatic nitrogens is 3. The summed E-state index contributed by atoms with van der Waals surface area (Å²) in [6, 6.07) is 19.6. The lowest BCUT2D eigenvalue weighted by Gasteiger charge is -2.39. The molecule has 0 N–H and O–H groups in total. The van der Waals surface area contributed by atoms with Crippen LogP contribution < -0.4 is 0 Å². The second kappa shape index (κ2) is 8.47. The van der Waals surface area contributed by atoms with Crippen molar-refractivity contribution >= 4 is 21.6 Å². The van der Waals surface area contributed by atoms with E-state index < -0.39 is 0 Å². The van der Waals surface area contributed by atoms with Gasteiger partial charge in [-0.25, -0.2) is 9.50 Å². The van der Waals surface area contributed by atoms with Gasteiger partial charge < -0.3 is 0 Å². The minimum atomic E-state index is 0.405. The van der Waals surface area contributed by atoms with E-state index in [1.807, 2.05) is 23.0 Å². The highest BCUT2D eigenvalue weighted by Crippen LogP contribution is 2.44. The van der Waals surface area contributed by atoms with Crippen LogP contribution in [0.25, 0.3) is 16.8 Å². The Morgan fingerprint density at radius 1 is 0.750 bits per heavy atom. The molecule has 164 valence electrons. The average molecular weight is 488 g/mol. The monoisotopic (exact) mass is 487 g/mol. The van der Waals surface area contributed by atoms with Crippen LogP contribution in [-0.2, 0) is 10.8 Å². The molecule has 6 rings (SSSR count). The van der Waals surface area contributed by atoms with E-state index in [9.17, 15) is 0 Å². The van der Waals surface area contributed by atoms with E-state index in [-0.39, 0.29) is 0 Å². The van der Waals surface area contributed by atoms with Crippen LogP contribution in [0.3, 0.4) is 0 Å². The Morgan fingerprint density at radius 2 is 1.31 bits per heavy atom. The molecule has 2 aliphatic carbocycles. The quantitative estimate of drug-likeness (QED) is 0.295. The van der Waals surface area contributed by atoms with Crippen molar-refractivity contribution in [2.45, 2.75) is 63.2 Å². The van der Waals surface area contributed by atoms with Crippen molar-refractivity contribution in [2.75, 3.05) is 0 Å². The first-order valence-corrected chi connectivity index (χ1v) is 12.4. The summed E-state index contributed by atoms with van der Waals surface area (Å²) in [5.74, 6) is 0. The number of nitrogens with zero attached hydrogens (tertiary/aromatic N) is 3. The summed E-state index contributed by atoms with van der Waals surface area (Å²) in [5.41, 5.74) is 7.03. The smallest absolute Gasteiger partial charge is 0.154 e. The molecular formula is C28H30BrN3. The van der Waals surface area contributed by atoms with Gasteiger partial charge in [-0.15, -0.1) is 0 Å². The van der Waals surface area contributed by atoms with Gasteiger partial charge in [-0.3, -0.25) is 0 Å². The largest absolute Gasteiger partial charge is 0.236 e. The van der Waals surface area contributed by atoms with Crippen LogP contribution in [0.2, 0.25) is 0 Å². The van der Waals surface area contributed by atoms with E-state index in [1.165, 1.54) is 59.7 Å². The van der Waals surface area contributed by atoms with E-state index in [1.54, 1.807) is 6.20 Å². The SMILES string of the molecule is CC1(c2ccc(-c3cnc4ccnn4c3)cc2)CCC1.CC1(c2ccc(Br)cc2)CCC1. The molecule has 2 heterocycles. The first-order valence-electron chi connectivity index (χ1n) is 11.6. The average Bonchev–Trinajstić information content (AvgIpc) is 3.25. The third kappa shape index (κ3) is 4.13. The van der Waals surface area contributed by atoms with Crippen LogP contribution in [0.5, 0.6) is 0 Å². The summed E-state index contributed by atoms with van der Waals surface area (Å²) in [7, 11) is 0. The molecule has 2 fully saturated rings. The molecule has 0 saturated heterocycles. The number of hydrogen-bond donors (Lipinski definition) is 0. The lowest BCUT2D eigenvalue weighted by Crippen LogP contribution is -2.30. The van der Waals surface area contributed by atoms with Crippen molar-refractivity contribution < 1.29 is 0 Å². The maximum absolute atomic E-state index is 4.42. The fourth-order valence-corrected chi connectivity index (χ4v) is 5.13. The lowest BCUT2D eigenvalue weighted by atomic mass is 9.66. The molecular weight excluding hydrogens is 458 g/mol. The zero-order valence-electron chi connectivity index (χ0n) is 18.9. The van der Waals surface area contributed by atoms with Gasteiger partial charge >= 0.3 is 0 Å². The van der Waals surface area contributed by atoms with Gasteiger partial charge in [0.15, 0.2) is 5.65 Å². The standard InChI is InChI=1S/C17H17N3.C11H13Br/c1-17(8-2-9-17)15-5-3-13(4-6-15)14-11-18-16-7-10-19-20(16)12-14;1-11(7-2-8-11)9-3-5-10(12)6-4-9/h3-7,10-12H,2,8-9H2,1H3;3-6H,2,7-8H2,1H3. The number of halogens is 1. The van der Waals surface area contributed by atoms with E-state index in [0.29, 0.717) is 10.8 Å². The number of benzene rings is 2. The Morgan fingerprint density at radius 3 is 1.84 bits per heavy atom. The highest BCUT2D eigenvalue weighted by molar-refractivity contribution is 9.10. The van der Waals surface area contributed by atoms with Crippen LogP contribution in [0.4, 0.5) is 0 Å². The summed E-state index contributed by atoms with van der Waals surface area (Å²) >= 11 is 3.45. The van der Waals surface area contributed by atoms with Gasteiger partial charge in [0.25, 0.3) is 0 Å². The Balaban J connectivity index is 0.000000154. The zero-order valence-corrected chi connectivity index (χ0v) is 20.5. The summed E-state index contributed by atoms with van der Waals surface area (Å²) in [4.78, 5) is 4.42. The van der Waals surface area contributed by atoms with Crippen LogP contribution >= 0.6 is 15.9 Å². The van der Waals surface area contributed by atoms with E-state index in [4.69, 9.17) is 0 Å². The van der Waals surface area contributed by atoms with Crippen LogP contribution in [0, 0.1) is 0 Å². The first kappa shape index (κ1) is 21.4. The summed E-state index contributed by atoms with van der Waals surface area (Å²) < 4.78 is 2.99. The van der Waals surface area contributed by atoms with Crippen molar-refractivity contribution in [3.8, 4) is 11.1 Å². The molecule has 2 aromatic heterocycles. The topological polar surface area (TPSA) is 30.2 Å². The molecule has 2 aromatic carbocycles. The van der Waals surface area contributed by atoms with Crippen LogP contribution in [0.15, 0.2) is 77.7 Å². The first-order chi connectivity index (χ1) is 15.5. The van der Waals surface area contributed by atoms with E-state index >= 15 is 0 Å². The second-order valence-electron chi connectivity index (χ2n) is 9.89. The lowest BCUT2D eigenvalue weighted by molar-refractivity contribution is 0.272. The van der Waals surface area contributed by atoms with E-state index in [2.05, 4.69) is 88.4 Å². The molecule has 3 nitrogen and oxygen atoms in total. The number of hydrogen-bond acceptors (Lipinski definition) is 2. The van der Waals surface area contributed by atoms with Gasteiger partial charge in [-0.1, -0.05) is 79.0 Å². The molecule has 2 aliphatic rings. The summed E-state index contributed by atoms with van der Waals surface area (Å²) in [5, 5.41) is 4.24. The molecule has 0 atom stereocenters. The minimum Gasteiger partial charge on any atom is -0.236 e. The van der Waals surface area contributed by atoms with Crippen molar-refractivity contribution in [1.82, 2.24) is 14.6 Å². The number of fused-ring (bicyclic) bond motifs is 1. The maximum atomic E-state index is 4.42. The number of rotatable bonds is 3. The highest BCUT2D eigenvalue weighted by Gasteiger charge is 2.33. The van der Waals surface area contributed by atoms with Crippen LogP contribution in [0.1, 0.15) is 63.5 Å². The molecule has 4 aromatic rings. The fourth-order valence-electron chi connectivity index (χ4n) is 4.87. The van der Waals surface area contributed by atoms with Crippen molar-refractivity contribution in [3.05, 3.63) is 88.8 Å². The van der Waals surface area contributed by atoms with Crippen LogP contribution in [-0.4, -0.2) is 14.6 Å². The van der Waals surface area contributed by atoms with Gasteiger partial charge in [0.2, 0.25) is 0 Å². The van der Waals surface area contributed by atoms with Crippen molar-refractivity contribution in [2.24, 2.45) is 0 Å². The Labute approximate surface area is 199 Å². The normalized spacial score (nSPS) is 18.2. The molecule has 4 heteroatoms. The van der Waals surface area contributed by atoms with Crippen molar-refractivity contribution in [1.29, 1.82) is 0 Å². The summed E-state index contributed by atoms with van der Waals surface area (Å²) in [6.07, 6.45) is 13.8. The fraction of sp³-hybridized carbons (Fsp3) is 0.357. The molecule has 0 amide bonds. The van der Waals surface area contributed by atoms with Crippen molar-refractivity contribution in [3.63, 3.8) is 0 Å². The Kier molecular flexibility index (Phi) is 5.66. The van der Waals surface area contributed by atoms with Gasteiger partial charge in [-0.05, 0) is 65.3 Å².